The lowest BCUT2D eigenvalue weighted by Gasteiger charge is -2.42. The van der Waals surface area contributed by atoms with Gasteiger partial charge in [0.1, 0.15) is 0 Å². The van der Waals surface area contributed by atoms with Crippen molar-refractivity contribution in [3.05, 3.63) is 0 Å². The summed E-state index contributed by atoms with van der Waals surface area (Å²) in [6.07, 6.45) is 2.39. The van der Waals surface area contributed by atoms with Crippen LogP contribution in [0.5, 0.6) is 0 Å². The van der Waals surface area contributed by atoms with E-state index in [1.54, 1.807) is 0 Å². The molecule has 0 aromatic rings. The summed E-state index contributed by atoms with van der Waals surface area (Å²) in [5.41, 5.74) is 0.126. The Morgan fingerprint density at radius 1 is 1.24 bits per heavy atom. The largest absolute Gasteiger partial charge is 0.377 e. The highest BCUT2D eigenvalue weighted by Gasteiger charge is 2.33. The van der Waals surface area contributed by atoms with E-state index in [9.17, 15) is 0 Å². The monoisotopic (exact) mass is 242 g/mol. The van der Waals surface area contributed by atoms with E-state index in [2.05, 4.69) is 24.1 Å². The molecular formula is C13H26N2O2. The van der Waals surface area contributed by atoms with Crippen molar-refractivity contribution in [3.8, 4) is 0 Å². The van der Waals surface area contributed by atoms with E-state index < -0.39 is 0 Å². The minimum atomic E-state index is 0.0418. The van der Waals surface area contributed by atoms with Crippen LogP contribution in [0.1, 0.15) is 26.7 Å². The molecule has 100 valence electrons. The van der Waals surface area contributed by atoms with Gasteiger partial charge in [0.15, 0.2) is 0 Å². The summed E-state index contributed by atoms with van der Waals surface area (Å²) in [5.74, 6) is 0. The van der Waals surface area contributed by atoms with Crippen molar-refractivity contribution in [3.63, 3.8) is 0 Å². The van der Waals surface area contributed by atoms with Crippen LogP contribution in [-0.4, -0.2) is 62.5 Å². The highest BCUT2D eigenvalue weighted by Crippen LogP contribution is 2.23. The molecule has 0 aliphatic carbocycles. The summed E-state index contributed by atoms with van der Waals surface area (Å²) in [7, 11) is 1.82. The molecule has 2 saturated heterocycles. The molecule has 0 saturated carbocycles. The van der Waals surface area contributed by atoms with Crippen LogP contribution in [-0.2, 0) is 9.47 Å². The predicted molar refractivity (Wildman–Crippen MR) is 68.3 cm³/mol. The Hall–Kier alpha value is -0.160. The van der Waals surface area contributed by atoms with Gasteiger partial charge in [0.2, 0.25) is 0 Å². The van der Waals surface area contributed by atoms with Crippen LogP contribution in [0.25, 0.3) is 0 Å². The normalized spacial score (nSPS) is 33.4. The molecule has 1 N–H and O–H groups in total. The maximum atomic E-state index is 5.93. The second-order valence-electron chi connectivity index (χ2n) is 5.94. The lowest BCUT2D eigenvalue weighted by atomic mass is 9.95. The first-order valence-corrected chi connectivity index (χ1v) is 6.68. The van der Waals surface area contributed by atoms with Gasteiger partial charge in [-0.05, 0) is 33.2 Å². The fourth-order valence-corrected chi connectivity index (χ4v) is 2.67. The predicted octanol–water partition coefficient (Wildman–Crippen LogP) is 0.866. The Kier molecular flexibility index (Phi) is 4.08. The minimum absolute atomic E-state index is 0.0418. The van der Waals surface area contributed by atoms with Crippen molar-refractivity contribution in [2.75, 3.05) is 46.4 Å². The zero-order valence-electron chi connectivity index (χ0n) is 11.4. The Bertz CT molecular complexity index is 256. The molecule has 1 unspecified atom stereocenters. The van der Waals surface area contributed by atoms with Crippen LogP contribution < -0.4 is 5.32 Å². The van der Waals surface area contributed by atoms with Crippen LogP contribution >= 0.6 is 0 Å². The number of nitrogens with one attached hydrogen (secondary N) is 1. The van der Waals surface area contributed by atoms with Crippen molar-refractivity contribution in [2.45, 2.75) is 37.9 Å². The molecule has 2 fully saturated rings. The van der Waals surface area contributed by atoms with E-state index in [0.29, 0.717) is 0 Å². The SMILES string of the molecule is COC1(C)CCCN(CCOC2(C)CNC2)C1. The van der Waals surface area contributed by atoms with E-state index in [1.165, 1.54) is 19.4 Å². The van der Waals surface area contributed by atoms with Gasteiger partial charge >= 0.3 is 0 Å². The smallest absolute Gasteiger partial charge is 0.0902 e. The van der Waals surface area contributed by atoms with E-state index >= 15 is 0 Å². The van der Waals surface area contributed by atoms with Gasteiger partial charge in [-0.3, -0.25) is 4.90 Å². The van der Waals surface area contributed by atoms with Gasteiger partial charge in [-0.25, -0.2) is 0 Å². The van der Waals surface area contributed by atoms with E-state index in [-0.39, 0.29) is 11.2 Å². The molecule has 17 heavy (non-hydrogen) atoms. The zero-order chi connectivity index (χ0) is 12.4. The highest BCUT2D eigenvalue weighted by molar-refractivity contribution is 4.90. The van der Waals surface area contributed by atoms with Gasteiger partial charge < -0.3 is 14.8 Å². The first-order valence-electron chi connectivity index (χ1n) is 6.68. The molecule has 4 nitrogen and oxygen atoms in total. The Balaban J connectivity index is 1.68. The molecule has 0 radical (unpaired) electrons. The van der Waals surface area contributed by atoms with Crippen LogP contribution in [0.2, 0.25) is 0 Å². The molecule has 0 aromatic heterocycles. The van der Waals surface area contributed by atoms with Gasteiger partial charge in [0.05, 0.1) is 17.8 Å². The zero-order valence-corrected chi connectivity index (χ0v) is 11.4. The number of hydrogen-bond donors (Lipinski definition) is 1. The summed E-state index contributed by atoms with van der Waals surface area (Å²) in [6, 6.07) is 0. The van der Waals surface area contributed by atoms with E-state index in [0.717, 1.165) is 32.8 Å². The fourth-order valence-electron chi connectivity index (χ4n) is 2.67. The average molecular weight is 242 g/mol. The Morgan fingerprint density at radius 3 is 2.59 bits per heavy atom. The number of methoxy groups -OCH3 is 1. The van der Waals surface area contributed by atoms with Gasteiger partial charge in [0.25, 0.3) is 0 Å². The van der Waals surface area contributed by atoms with Gasteiger partial charge in [0, 0.05) is 33.3 Å². The van der Waals surface area contributed by atoms with E-state index in [4.69, 9.17) is 9.47 Å². The maximum absolute atomic E-state index is 5.93. The Morgan fingerprint density at radius 2 is 2.00 bits per heavy atom. The maximum Gasteiger partial charge on any atom is 0.0902 e. The quantitative estimate of drug-likeness (QED) is 0.775. The number of likely N-dealkylation sites (tertiary alicyclic amines) is 1. The minimum Gasteiger partial charge on any atom is -0.377 e. The molecule has 0 aromatic carbocycles. The molecule has 2 aliphatic heterocycles. The number of rotatable bonds is 5. The lowest BCUT2D eigenvalue weighted by molar-refractivity contribution is -0.0879. The molecule has 1 atom stereocenters. The summed E-state index contributed by atoms with van der Waals surface area (Å²) in [6.45, 7) is 10.4. The third-order valence-corrected chi connectivity index (χ3v) is 4.09. The number of ether oxygens (including phenoxy) is 2. The highest BCUT2D eigenvalue weighted by atomic mass is 16.5. The first kappa shape index (κ1) is 13.3. The molecule has 0 spiro atoms. The number of nitrogens with zero attached hydrogens (tertiary/aromatic N) is 1. The van der Waals surface area contributed by atoms with Crippen molar-refractivity contribution in [1.82, 2.24) is 10.2 Å². The van der Waals surface area contributed by atoms with Crippen molar-refractivity contribution < 1.29 is 9.47 Å². The van der Waals surface area contributed by atoms with Crippen LogP contribution in [0.4, 0.5) is 0 Å². The lowest BCUT2D eigenvalue weighted by Crippen LogP contribution is -2.59. The summed E-state index contributed by atoms with van der Waals surface area (Å²) in [4.78, 5) is 2.46. The van der Waals surface area contributed by atoms with Crippen LogP contribution in [0.3, 0.4) is 0 Å². The molecule has 0 amide bonds. The number of hydrogen-bond acceptors (Lipinski definition) is 4. The fraction of sp³-hybridized carbons (Fsp3) is 1.00. The molecule has 0 bridgehead atoms. The summed E-state index contributed by atoms with van der Waals surface area (Å²) >= 11 is 0. The van der Waals surface area contributed by atoms with E-state index in [1.807, 2.05) is 7.11 Å². The third-order valence-electron chi connectivity index (χ3n) is 4.09. The molecule has 2 heterocycles. The van der Waals surface area contributed by atoms with Crippen LogP contribution in [0, 0.1) is 0 Å². The van der Waals surface area contributed by atoms with Crippen molar-refractivity contribution in [2.24, 2.45) is 0 Å². The molecule has 4 heteroatoms. The number of piperidine rings is 1. The Labute approximate surface area is 105 Å². The topological polar surface area (TPSA) is 33.7 Å². The first-order chi connectivity index (χ1) is 8.05. The van der Waals surface area contributed by atoms with Crippen LogP contribution in [0.15, 0.2) is 0 Å². The standard InChI is InChI=1S/C13H26N2O2/c1-12(16-3)5-4-6-15(11-12)7-8-17-13(2)9-14-10-13/h14H,4-11H2,1-3H3. The molecule has 2 aliphatic rings. The third kappa shape index (κ3) is 3.41. The summed E-state index contributed by atoms with van der Waals surface area (Å²) in [5, 5.41) is 3.25. The second-order valence-corrected chi connectivity index (χ2v) is 5.94. The summed E-state index contributed by atoms with van der Waals surface area (Å²) < 4.78 is 11.5. The van der Waals surface area contributed by atoms with Gasteiger partial charge in [-0.2, -0.15) is 0 Å². The van der Waals surface area contributed by atoms with Crippen molar-refractivity contribution >= 4 is 0 Å². The van der Waals surface area contributed by atoms with Gasteiger partial charge in [-0.15, -0.1) is 0 Å². The second kappa shape index (κ2) is 5.22. The van der Waals surface area contributed by atoms with Gasteiger partial charge in [-0.1, -0.05) is 0 Å². The van der Waals surface area contributed by atoms with Crippen molar-refractivity contribution in [1.29, 1.82) is 0 Å². The molecular weight excluding hydrogens is 216 g/mol. The molecule has 2 rings (SSSR count). The average Bonchev–Trinajstić information content (AvgIpc) is 2.27.